The molecule has 1 aromatic carbocycles. The molecule has 5 nitrogen and oxygen atoms in total. The van der Waals surface area contributed by atoms with Crippen molar-refractivity contribution >= 4 is 23.2 Å². The first-order valence-corrected chi connectivity index (χ1v) is 7.24. The van der Waals surface area contributed by atoms with Crippen LogP contribution >= 0.6 is 0 Å². The van der Waals surface area contributed by atoms with Gasteiger partial charge in [0.2, 0.25) is 11.8 Å². The zero-order chi connectivity index (χ0) is 15.9. The maximum Gasteiger partial charge on any atom is 0.229 e. The maximum absolute atomic E-state index is 11.9. The van der Waals surface area contributed by atoms with Gasteiger partial charge in [0.15, 0.2) is 0 Å². The smallest absolute Gasteiger partial charge is 0.229 e. The Kier molecular flexibility index (Phi) is 6.37. The van der Waals surface area contributed by atoms with Crippen molar-refractivity contribution in [3.05, 3.63) is 24.3 Å². The lowest BCUT2D eigenvalue weighted by Gasteiger charge is -2.18. The summed E-state index contributed by atoms with van der Waals surface area (Å²) in [6.45, 7) is 6.16. The van der Waals surface area contributed by atoms with Crippen molar-refractivity contribution in [2.45, 2.75) is 40.0 Å². The first-order valence-electron chi connectivity index (χ1n) is 7.24. The lowest BCUT2D eigenvalue weighted by molar-refractivity contribution is -0.123. The monoisotopic (exact) mass is 291 g/mol. The molecule has 1 rings (SSSR count). The molecule has 0 saturated carbocycles. The van der Waals surface area contributed by atoms with E-state index >= 15 is 0 Å². The quantitative estimate of drug-likeness (QED) is 0.705. The number of nitrogens with one attached hydrogen (secondary N) is 2. The van der Waals surface area contributed by atoms with Gasteiger partial charge in [-0.25, -0.2) is 0 Å². The molecule has 0 heterocycles. The van der Waals surface area contributed by atoms with E-state index in [4.69, 9.17) is 5.73 Å². The number of hydrogen-bond donors (Lipinski definition) is 3. The molecule has 21 heavy (non-hydrogen) atoms. The zero-order valence-electron chi connectivity index (χ0n) is 13.0. The highest BCUT2D eigenvalue weighted by Gasteiger charge is 2.21. The Hall–Kier alpha value is -1.88. The molecule has 4 N–H and O–H groups in total. The molecule has 0 unspecified atom stereocenters. The second-order valence-corrected chi connectivity index (χ2v) is 6.08. The third-order valence-electron chi connectivity index (χ3n) is 2.94. The molecule has 2 amide bonds. The fourth-order valence-corrected chi connectivity index (χ4v) is 1.65. The highest BCUT2D eigenvalue weighted by atomic mass is 16.2. The lowest BCUT2D eigenvalue weighted by Crippen LogP contribution is -2.27. The summed E-state index contributed by atoms with van der Waals surface area (Å²) >= 11 is 0. The number of carbonyl (C=O) groups excluding carboxylic acids is 2. The number of anilines is 2. The van der Waals surface area contributed by atoms with Gasteiger partial charge in [-0.05, 0) is 37.6 Å². The molecule has 0 bridgehead atoms. The molecule has 5 heteroatoms. The van der Waals surface area contributed by atoms with Gasteiger partial charge in [-0.3, -0.25) is 9.59 Å². The van der Waals surface area contributed by atoms with Crippen molar-refractivity contribution in [3.63, 3.8) is 0 Å². The van der Waals surface area contributed by atoms with E-state index in [9.17, 15) is 9.59 Å². The van der Waals surface area contributed by atoms with Gasteiger partial charge in [-0.1, -0.05) is 26.8 Å². The van der Waals surface area contributed by atoms with Crippen LogP contribution in [0.1, 0.15) is 40.0 Å². The van der Waals surface area contributed by atoms with Gasteiger partial charge in [0, 0.05) is 23.2 Å². The summed E-state index contributed by atoms with van der Waals surface area (Å²) in [5.74, 6) is -0.100. The Morgan fingerprint density at radius 2 is 1.71 bits per heavy atom. The van der Waals surface area contributed by atoms with Crippen LogP contribution in [0.25, 0.3) is 0 Å². The highest BCUT2D eigenvalue weighted by Crippen LogP contribution is 2.20. The molecule has 0 radical (unpaired) electrons. The fourth-order valence-electron chi connectivity index (χ4n) is 1.65. The largest absolute Gasteiger partial charge is 0.330 e. The normalized spacial score (nSPS) is 11.0. The lowest BCUT2D eigenvalue weighted by atomic mass is 9.95. The van der Waals surface area contributed by atoms with E-state index in [1.165, 1.54) is 0 Å². The Morgan fingerprint density at radius 3 is 2.29 bits per heavy atom. The van der Waals surface area contributed by atoms with Crippen LogP contribution in [0.4, 0.5) is 11.4 Å². The predicted molar refractivity (Wildman–Crippen MR) is 86.1 cm³/mol. The predicted octanol–water partition coefficient (Wildman–Crippen LogP) is 2.74. The summed E-state index contributed by atoms with van der Waals surface area (Å²) in [6.07, 6.45) is 2.08. The first-order chi connectivity index (χ1) is 9.82. The van der Waals surface area contributed by atoms with E-state index in [-0.39, 0.29) is 11.8 Å². The van der Waals surface area contributed by atoms with E-state index in [2.05, 4.69) is 10.6 Å². The molecule has 0 saturated heterocycles. The number of benzene rings is 1. The van der Waals surface area contributed by atoms with E-state index in [1.807, 2.05) is 20.8 Å². The molecule has 0 atom stereocenters. The first kappa shape index (κ1) is 17.2. The van der Waals surface area contributed by atoms with E-state index < -0.39 is 5.41 Å². The van der Waals surface area contributed by atoms with Crippen LogP contribution in [-0.4, -0.2) is 18.4 Å². The minimum Gasteiger partial charge on any atom is -0.330 e. The zero-order valence-corrected chi connectivity index (χ0v) is 13.0. The van der Waals surface area contributed by atoms with Crippen molar-refractivity contribution in [1.29, 1.82) is 0 Å². The van der Waals surface area contributed by atoms with Crippen molar-refractivity contribution in [3.8, 4) is 0 Å². The average molecular weight is 291 g/mol. The van der Waals surface area contributed by atoms with Gasteiger partial charge in [-0.2, -0.15) is 0 Å². The third kappa shape index (κ3) is 6.40. The molecule has 116 valence electrons. The number of carbonyl (C=O) groups is 2. The summed E-state index contributed by atoms with van der Waals surface area (Å²) in [6, 6.07) is 7.15. The van der Waals surface area contributed by atoms with Crippen molar-refractivity contribution in [1.82, 2.24) is 0 Å². The summed E-state index contributed by atoms with van der Waals surface area (Å²) in [5.41, 5.74) is 6.30. The summed E-state index contributed by atoms with van der Waals surface area (Å²) in [4.78, 5) is 23.7. The van der Waals surface area contributed by atoms with Gasteiger partial charge in [0.05, 0.1) is 0 Å². The molecule has 0 fully saturated rings. The Morgan fingerprint density at radius 1 is 1.10 bits per heavy atom. The number of hydrogen-bond acceptors (Lipinski definition) is 3. The van der Waals surface area contributed by atoms with Crippen molar-refractivity contribution in [2.24, 2.45) is 11.1 Å². The standard InChI is InChI=1S/C16H25N3O2/c1-16(2,3)15(21)19-13-8-6-7-12(11-13)18-14(20)9-4-5-10-17/h6-8,11H,4-5,9-10,17H2,1-3H3,(H,18,20)(H,19,21). The average Bonchev–Trinajstić information content (AvgIpc) is 2.38. The number of nitrogens with two attached hydrogens (primary N) is 1. The number of rotatable bonds is 6. The second kappa shape index (κ2) is 7.78. The van der Waals surface area contributed by atoms with E-state index in [1.54, 1.807) is 24.3 Å². The third-order valence-corrected chi connectivity index (χ3v) is 2.94. The number of amides is 2. The summed E-state index contributed by atoms with van der Waals surface area (Å²) in [7, 11) is 0. The molecule has 0 aliphatic carbocycles. The van der Waals surface area contributed by atoms with Crippen molar-refractivity contribution in [2.75, 3.05) is 17.2 Å². The molecular formula is C16H25N3O2. The van der Waals surface area contributed by atoms with E-state index in [0.29, 0.717) is 24.3 Å². The fraction of sp³-hybridized carbons (Fsp3) is 0.500. The summed E-state index contributed by atoms with van der Waals surface area (Å²) < 4.78 is 0. The van der Waals surface area contributed by atoms with Crippen LogP contribution in [0.15, 0.2) is 24.3 Å². The molecular weight excluding hydrogens is 266 g/mol. The molecule has 0 aliphatic heterocycles. The van der Waals surface area contributed by atoms with Crippen LogP contribution in [0.2, 0.25) is 0 Å². The van der Waals surface area contributed by atoms with Crippen LogP contribution in [0.3, 0.4) is 0 Å². The van der Waals surface area contributed by atoms with Gasteiger partial charge in [0.1, 0.15) is 0 Å². The van der Waals surface area contributed by atoms with Crippen LogP contribution in [0.5, 0.6) is 0 Å². The molecule has 0 aromatic heterocycles. The minimum absolute atomic E-state index is 0.0391. The van der Waals surface area contributed by atoms with Gasteiger partial charge in [-0.15, -0.1) is 0 Å². The molecule has 0 spiro atoms. The summed E-state index contributed by atoms with van der Waals surface area (Å²) in [5, 5.41) is 5.66. The minimum atomic E-state index is -0.457. The van der Waals surface area contributed by atoms with Gasteiger partial charge in [0.25, 0.3) is 0 Å². The maximum atomic E-state index is 11.9. The molecule has 1 aromatic rings. The van der Waals surface area contributed by atoms with Crippen LogP contribution in [-0.2, 0) is 9.59 Å². The Bertz CT molecular complexity index is 493. The molecule has 0 aliphatic rings. The van der Waals surface area contributed by atoms with Gasteiger partial charge < -0.3 is 16.4 Å². The van der Waals surface area contributed by atoms with Gasteiger partial charge >= 0.3 is 0 Å². The van der Waals surface area contributed by atoms with Crippen LogP contribution in [0, 0.1) is 5.41 Å². The van der Waals surface area contributed by atoms with E-state index in [0.717, 1.165) is 12.8 Å². The van der Waals surface area contributed by atoms with Crippen LogP contribution < -0.4 is 16.4 Å². The van der Waals surface area contributed by atoms with Crippen molar-refractivity contribution < 1.29 is 9.59 Å². The Balaban J connectivity index is 2.60. The number of unbranched alkanes of at least 4 members (excludes halogenated alkanes) is 1. The Labute approximate surface area is 126 Å². The topological polar surface area (TPSA) is 84.2 Å². The highest BCUT2D eigenvalue weighted by molar-refractivity contribution is 5.96. The second-order valence-electron chi connectivity index (χ2n) is 6.08. The SMILES string of the molecule is CC(C)(C)C(=O)Nc1cccc(NC(=O)CCCCN)c1.